The van der Waals surface area contributed by atoms with Crippen LogP contribution < -0.4 is 5.32 Å². The van der Waals surface area contributed by atoms with Crippen molar-refractivity contribution in [3.8, 4) is 0 Å². The lowest BCUT2D eigenvalue weighted by molar-refractivity contribution is 0.427. The first-order valence-electron chi connectivity index (χ1n) is 5.39. The third-order valence-electron chi connectivity index (χ3n) is 2.59. The number of nitrogens with zero attached hydrogens (tertiary/aromatic N) is 1. The number of hydrogen-bond donors (Lipinski definition) is 1. The van der Waals surface area contributed by atoms with Crippen LogP contribution in [0.3, 0.4) is 0 Å². The molecule has 1 aromatic rings. The van der Waals surface area contributed by atoms with Crippen LogP contribution in [0.5, 0.6) is 0 Å². The van der Waals surface area contributed by atoms with Crippen molar-refractivity contribution in [3.05, 3.63) is 15.6 Å². The SMILES string of the molecule is Cc1nc2c(s1)C(NC(C)C)CCC2. The van der Waals surface area contributed by atoms with Crippen LogP contribution in [0, 0.1) is 6.92 Å². The second-order valence-corrected chi connectivity index (χ2v) is 5.54. The van der Waals surface area contributed by atoms with Gasteiger partial charge in [0.2, 0.25) is 0 Å². The van der Waals surface area contributed by atoms with Crippen molar-refractivity contribution in [2.45, 2.75) is 52.1 Å². The van der Waals surface area contributed by atoms with Crippen LogP contribution in [-0.2, 0) is 6.42 Å². The van der Waals surface area contributed by atoms with E-state index in [2.05, 4.69) is 31.1 Å². The molecule has 1 unspecified atom stereocenters. The fourth-order valence-electron chi connectivity index (χ4n) is 2.10. The van der Waals surface area contributed by atoms with Gasteiger partial charge in [0.25, 0.3) is 0 Å². The molecule has 78 valence electrons. The monoisotopic (exact) mass is 210 g/mol. The summed E-state index contributed by atoms with van der Waals surface area (Å²) < 4.78 is 0. The highest BCUT2D eigenvalue weighted by Gasteiger charge is 2.23. The zero-order valence-electron chi connectivity index (χ0n) is 9.13. The summed E-state index contributed by atoms with van der Waals surface area (Å²) in [6, 6.07) is 1.12. The van der Waals surface area contributed by atoms with Crippen LogP contribution in [0.1, 0.15) is 48.3 Å². The van der Waals surface area contributed by atoms with Gasteiger partial charge in [0.1, 0.15) is 0 Å². The second-order valence-electron chi connectivity index (χ2n) is 4.31. The molecule has 0 aliphatic heterocycles. The highest BCUT2D eigenvalue weighted by atomic mass is 32.1. The number of hydrogen-bond acceptors (Lipinski definition) is 3. The molecule has 2 nitrogen and oxygen atoms in total. The Bertz CT molecular complexity index is 317. The molecule has 3 heteroatoms. The Labute approximate surface area is 89.8 Å². The minimum Gasteiger partial charge on any atom is -0.307 e. The first kappa shape index (κ1) is 10.1. The number of aryl methyl sites for hydroxylation is 2. The van der Waals surface area contributed by atoms with Gasteiger partial charge in [-0.15, -0.1) is 11.3 Å². The average molecular weight is 210 g/mol. The topological polar surface area (TPSA) is 24.9 Å². The van der Waals surface area contributed by atoms with Gasteiger partial charge in [0.15, 0.2) is 0 Å². The predicted octanol–water partition coefficient (Wildman–Crippen LogP) is 2.83. The Morgan fingerprint density at radius 2 is 2.29 bits per heavy atom. The van der Waals surface area contributed by atoms with Crippen molar-refractivity contribution in [3.63, 3.8) is 0 Å². The molecule has 1 N–H and O–H groups in total. The lowest BCUT2D eigenvalue weighted by atomic mass is 9.97. The fourth-order valence-corrected chi connectivity index (χ4v) is 3.17. The number of thiazole rings is 1. The highest BCUT2D eigenvalue weighted by molar-refractivity contribution is 7.11. The number of aromatic nitrogens is 1. The molecular formula is C11H18N2S. The standard InChI is InChI=1S/C11H18N2S/c1-7(2)12-9-5-4-6-10-11(9)14-8(3)13-10/h7,9,12H,4-6H2,1-3H3. The van der Waals surface area contributed by atoms with Crippen LogP contribution in [0.2, 0.25) is 0 Å². The Balaban J connectivity index is 2.21. The van der Waals surface area contributed by atoms with Crippen molar-refractivity contribution < 1.29 is 0 Å². The summed E-state index contributed by atoms with van der Waals surface area (Å²) in [4.78, 5) is 6.08. The van der Waals surface area contributed by atoms with Crippen LogP contribution in [0.25, 0.3) is 0 Å². The summed E-state index contributed by atoms with van der Waals surface area (Å²) in [5.41, 5.74) is 1.34. The summed E-state index contributed by atoms with van der Waals surface area (Å²) in [6.45, 7) is 6.53. The van der Waals surface area contributed by atoms with Gasteiger partial charge in [-0.05, 0) is 26.2 Å². The molecule has 0 fully saturated rings. The van der Waals surface area contributed by atoms with Crippen molar-refractivity contribution in [1.29, 1.82) is 0 Å². The normalized spacial score (nSPS) is 21.3. The smallest absolute Gasteiger partial charge is 0.0900 e. The van der Waals surface area contributed by atoms with E-state index in [1.165, 1.54) is 34.8 Å². The lowest BCUT2D eigenvalue weighted by Crippen LogP contribution is -2.29. The molecule has 1 aliphatic rings. The summed E-state index contributed by atoms with van der Waals surface area (Å²) in [5, 5.41) is 4.84. The van der Waals surface area contributed by atoms with Crippen molar-refractivity contribution in [2.24, 2.45) is 0 Å². The van der Waals surface area contributed by atoms with Crippen molar-refractivity contribution in [2.75, 3.05) is 0 Å². The molecule has 1 aliphatic carbocycles. The van der Waals surface area contributed by atoms with Crippen LogP contribution in [-0.4, -0.2) is 11.0 Å². The van der Waals surface area contributed by atoms with Gasteiger partial charge in [0.05, 0.1) is 10.7 Å². The quantitative estimate of drug-likeness (QED) is 0.812. The molecule has 0 saturated carbocycles. The Kier molecular flexibility index (Phi) is 2.88. The van der Waals surface area contributed by atoms with E-state index in [0.29, 0.717) is 12.1 Å². The minimum atomic E-state index is 0.560. The Morgan fingerprint density at radius 3 is 3.00 bits per heavy atom. The molecular weight excluding hydrogens is 192 g/mol. The van der Waals surface area contributed by atoms with Gasteiger partial charge in [-0.3, -0.25) is 0 Å². The Hall–Kier alpha value is -0.410. The van der Waals surface area contributed by atoms with Gasteiger partial charge >= 0.3 is 0 Å². The molecule has 0 spiro atoms. The maximum absolute atomic E-state index is 4.59. The maximum atomic E-state index is 4.59. The number of fused-ring (bicyclic) bond motifs is 1. The van der Waals surface area contributed by atoms with Gasteiger partial charge < -0.3 is 5.32 Å². The summed E-state index contributed by atoms with van der Waals surface area (Å²) in [6.07, 6.45) is 3.73. The largest absolute Gasteiger partial charge is 0.307 e. The predicted molar refractivity (Wildman–Crippen MR) is 60.8 cm³/mol. The van der Waals surface area contributed by atoms with Gasteiger partial charge in [-0.25, -0.2) is 4.98 Å². The van der Waals surface area contributed by atoms with E-state index in [0.717, 1.165) is 0 Å². The van der Waals surface area contributed by atoms with E-state index >= 15 is 0 Å². The first-order valence-corrected chi connectivity index (χ1v) is 6.20. The zero-order chi connectivity index (χ0) is 10.1. The molecule has 0 aromatic carbocycles. The first-order chi connectivity index (χ1) is 6.66. The summed E-state index contributed by atoms with van der Waals surface area (Å²) >= 11 is 1.87. The van der Waals surface area contributed by atoms with Gasteiger partial charge in [-0.1, -0.05) is 13.8 Å². The molecule has 1 aromatic heterocycles. The third kappa shape index (κ3) is 1.98. The fraction of sp³-hybridized carbons (Fsp3) is 0.727. The molecule has 0 saturated heterocycles. The van der Waals surface area contributed by atoms with Crippen LogP contribution in [0.15, 0.2) is 0 Å². The molecule has 2 rings (SSSR count). The van der Waals surface area contributed by atoms with Crippen LogP contribution in [0.4, 0.5) is 0 Å². The maximum Gasteiger partial charge on any atom is 0.0900 e. The second kappa shape index (κ2) is 3.99. The lowest BCUT2D eigenvalue weighted by Gasteiger charge is -2.24. The van der Waals surface area contributed by atoms with Gasteiger partial charge in [-0.2, -0.15) is 0 Å². The molecule has 14 heavy (non-hydrogen) atoms. The van der Waals surface area contributed by atoms with E-state index < -0.39 is 0 Å². The molecule has 0 radical (unpaired) electrons. The van der Waals surface area contributed by atoms with Crippen LogP contribution >= 0.6 is 11.3 Å². The van der Waals surface area contributed by atoms with Gasteiger partial charge in [0, 0.05) is 17.0 Å². The van der Waals surface area contributed by atoms with Crippen molar-refractivity contribution in [1.82, 2.24) is 10.3 Å². The van der Waals surface area contributed by atoms with Crippen molar-refractivity contribution >= 4 is 11.3 Å². The van der Waals surface area contributed by atoms with E-state index in [9.17, 15) is 0 Å². The summed E-state index contributed by atoms with van der Waals surface area (Å²) in [5.74, 6) is 0. The summed E-state index contributed by atoms with van der Waals surface area (Å²) in [7, 11) is 0. The number of nitrogens with one attached hydrogen (secondary N) is 1. The highest BCUT2D eigenvalue weighted by Crippen LogP contribution is 2.34. The molecule has 0 amide bonds. The van der Waals surface area contributed by atoms with E-state index in [1.54, 1.807) is 0 Å². The van der Waals surface area contributed by atoms with E-state index in [1.807, 2.05) is 11.3 Å². The zero-order valence-corrected chi connectivity index (χ0v) is 9.95. The van der Waals surface area contributed by atoms with E-state index in [4.69, 9.17) is 0 Å². The molecule has 1 heterocycles. The van der Waals surface area contributed by atoms with E-state index in [-0.39, 0.29) is 0 Å². The molecule has 1 atom stereocenters. The average Bonchev–Trinajstić information content (AvgIpc) is 2.45. The third-order valence-corrected chi connectivity index (χ3v) is 3.72. The Morgan fingerprint density at radius 1 is 1.50 bits per heavy atom. The number of rotatable bonds is 2. The molecule has 0 bridgehead atoms. The minimum absolute atomic E-state index is 0.560.